The molecule has 176 valence electrons. The zero-order valence-electron chi connectivity index (χ0n) is 19.6. The molecule has 0 saturated carbocycles. The highest BCUT2D eigenvalue weighted by Gasteiger charge is 2.26. The summed E-state index contributed by atoms with van der Waals surface area (Å²) in [4.78, 5) is 2.31. The largest absolute Gasteiger partial charge is 0.495 e. The van der Waals surface area contributed by atoms with Crippen molar-refractivity contribution in [2.75, 3.05) is 25.1 Å². The summed E-state index contributed by atoms with van der Waals surface area (Å²) in [6.45, 7) is 6.03. The number of rotatable bonds is 7. The summed E-state index contributed by atoms with van der Waals surface area (Å²) in [6.07, 6.45) is 3.56. The number of thioether (sulfide) groups is 1. The first-order chi connectivity index (χ1) is 16.6. The molecule has 9 heteroatoms. The van der Waals surface area contributed by atoms with Gasteiger partial charge in [0.2, 0.25) is 17.7 Å². The van der Waals surface area contributed by atoms with Gasteiger partial charge in [-0.2, -0.15) is 0 Å². The molecule has 34 heavy (non-hydrogen) atoms. The van der Waals surface area contributed by atoms with E-state index in [0.717, 1.165) is 54.0 Å². The molecule has 0 aliphatic carbocycles. The zero-order valence-corrected chi connectivity index (χ0v) is 20.5. The molecule has 2 aromatic heterocycles. The maximum atomic E-state index is 6.02. The standard InChI is InChI=1S/C25H28N6O2S/c1-17-11-13-19(14-12-17)23-27-26-22(33-23)18(2)34-25-29-28-24(30-15-7-4-8-16-30)31(25)20-9-5-6-10-21(20)32-3/h5-6,9-14,18H,4,7-8,15-16H2,1-3H3. The number of para-hydroxylation sites is 2. The number of benzene rings is 2. The number of aromatic nitrogens is 5. The molecule has 3 heterocycles. The van der Waals surface area contributed by atoms with E-state index < -0.39 is 0 Å². The third kappa shape index (κ3) is 4.52. The van der Waals surface area contributed by atoms with Gasteiger partial charge in [0, 0.05) is 18.7 Å². The highest BCUT2D eigenvalue weighted by Crippen LogP contribution is 2.39. The van der Waals surface area contributed by atoms with Crippen molar-refractivity contribution >= 4 is 17.7 Å². The van der Waals surface area contributed by atoms with Gasteiger partial charge in [-0.15, -0.1) is 20.4 Å². The number of hydrogen-bond donors (Lipinski definition) is 0. The van der Waals surface area contributed by atoms with E-state index in [1.54, 1.807) is 18.9 Å². The Balaban J connectivity index is 1.46. The van der Waals surface area contributed by atoms with Crippen LogP contribution in [0.3, 0.4) is 0 Å². The van der Waals surface area contributed by atoms with Crippen LogP contribution >= 0.6 is 11.8 Å². The lowest BCUT2D eigenvalue weighted by Gasteiger charge is -2.28. The fraction of sp³-hybridized carbons (Fsp3) is 0.360. The van der Waals surface area contributed by atoms with Gasteiger partial charge in [-0.25, -0.2) is 0 Å². The van der Waals surface area contributed by atoms with Crippen molar-refractivity contribution in [3.05, 3.63) is 60.0 Å². The molecule has 4 aromatic rings. The number of anilines is 1. The summed E-state index contributed by atoms with van der Waals surface area (Å²) in [5, 5.41) is 18.4. The van der Waals surface area contributed by atoms with E-state index in [9.17, 15) is 0 Å². The molecule has 0 bridgehead atoms. The fourth-order valence-electron chi connectivity index (χ4n) is 4.08. The van der Waals surface area contributed by atoms with Gasteiger partial charge >= 0.3 is 0 Å². The molecule has 0 spiro atoms. The Bertz CT molecular complexity index is 1250. The van der Waals surface area contributed by atoms with E-state index in [0.29, 0.717) is 11.8 Å². The van der Waals surface area contributed by atoms with E-state index in [1.165, 1.54) is 12.0 Å². The number of aryl methyl sites for hydroxylation is 1. The molecule has 1 fully saturated rings. The van der Waals surface area contributed by atoms with E-state index in [-0.39, 0.29) is 5.25 Å². The lowest BCUT2D eigenvalue weighted by atomic mass is 10.1. The van der Waals surface area contributed by atoms with Crippen LogP contribution in [-0.4, -0.2) is 45.2 Å². The minimum Gasteiger partial charge on any atom is -0.495 e. The monoisotopic (exact) mass is 476 g/mol. The van der Waals surface area contributed by atoms with Crippen LogP contribution in [0.15, 0.2) is 58.1 Å². The van der Waals surface area contributed by atoms with Gasteiger partial charge in [0.15, 0.2) is 5.16 Å². The number of piperidine rings is 1. The van der Waals surface area contributed by atoms with Gasteiger partial charge in [0.05, 0.1) is 18.0 Å². The lowest BCUT2D eigenvalue weighted by molar-refractivity contribution is 0.412. The van der Waals surface area contributed by atoms with Gasteiger partial charge in [-0.3, -0.25) is 4.57 Å². The Labute approximate surface area is 203 Å². The Morgan fingerprint density at radius 2 is 1.71 bits per heavy atom. The molecule has 1 aliphatic heterocycles. The molecule has 8 nitrogen and oxygen atoms in total. The van der Waals surface area contributed by atoms with Crippen molar-refractivity contribution in [2.24, 2.45) is 0 Å². The SMILES string of the molecule is COc1ccccc1-n1c(SC(C)c2nnc(-c3ccc(C)cc3)o2)nnc1N1CCCCC1. The van der Waals surface area contributed by atoms with Gasteiger partial charge < -0.3 is 14.1 Å². The molecule has 0 radical (unpaired) electrons. The van der Waals surface area contributed by atoms with Crippen molar-refractivity contribution in [2.45, 2.75) is 43.5 Å². The molecule has 0 N–H and O–H groups in total. The quantitative estimate of drug-likeness (QED) is 0.324. The third-order valence-corrected chi connectivity index (χ3v) is 6.98. The Kier molecular flexibility index (Phi) is 6.53. The summed E-state index contributed by atoms with van der Waals surface area (Å²) < 4.78 is 13.8. The molecular weight excluding hydrogens is 448 g/mol. The first-order valence-electron chi connectivity index (χ1n) is 11.5. The van der Waals surface area contributed by atoms with Gasteiger partial charge in [-0.1, -0.05) is 41.6 Å². The van der Waals surface area contributed by atoms with Crippen LogP contribution in [0, 0.1) is 6.92 Å². The first kappa shape index (κ1) is 22.5. The molecule has 2 aromatic carbocycles. The topological polar surface area (TPSA) is 82.1 Å². The summed E-state index contributed by atoms with van der Waals surface area (Å²) >= 11 is 1.54. The highest BCUT2D eigenvalue weighted by molar-refractivity contribution is 7.99. The molecule has 1 saturated heterocycles. The van der Waals surface area contributed by atoms with E-state index in [4.69, 9.17) is 9.15 Å². The van der Waals surface area contributed by atoms with Crippen LogP contribution in [0.4, 0.5) is 5.95 Å². The minimum absolute atomic E-state index is 0.112. The number of ether oxygens (including phenoxy) is 1. The van der Waals surface area contributed by atoms with Crippen molar-refractivity contribution in [1.82, 2.24) is 25.0 Å². The summed E-state index contributed by atoms with van der Waals surface area (Å²) in [5.74, 6) is 2.68. The second kappa shape index (κ2) is 9.89. The molecule has 1 unspecified atom stereocenters. The summed E-state index contributed by atoms with van der Waals surface area (Å²) in [6, 6.07) is 16.0. The van der Waals surface area contributed by atoms with Gasteiger partial charge in [0.1, 0.15) is 5.75 Å². The van der Waals surface area contributed by atoms with E-state index >= 15 is 0 Å². The zero-order chi connectivity index (χ0) is 23.5. The van der Waals surface area contributed by atoms with Crippen LogP contribution in [0.2, 0.25) is 0 Å². The number of methoxy groups -OCH3 is 1. The number of nitrogens with zero attached hydrogens (tertiary/aromatic N) is 6. The molecular formula is C25H28N6O2S. The van der Waals surface area contributed by atoms with Crippen LogP contribution in [0.1, 0.15) is 42.9 Å². The van der Waals surface area contributed by atoms with Crippen molar-refractivity contribution in [3.8, 4) is 22.9 Å². The predicted molar refractivity (Wildman–Crippen MR) is 133 cm³/mol. The van der Waals surface area contributed by atoms with Crippen LogP contribution < -0.4 is 9.64 Å². The minimum atomic E-state index is -0.112. The first-order valence-corrected chi connectivity index (χ1v) is 12.4. The fourth-order valence-corrected chi connectivity index (χ4v) is 4.97. The van der Waals surface area contributed by atoms with Crippen LogP contribution in [-0.2, 0) is 0 Å². The smallest absolute Gasteiger partial charge is 0.247 e. The second-order valence-electron chi connectivity index (χ2n) is 8.41. The Hall–Kier alpha value is -3.33. The van der Waals surface area contributed by atoms with Crippen LogP contribution in [0.5, 0.6) is 5.75 Å². The Morgan fingerprint density at radius 1 is 0.941 bits per heavy atom. The van der Waals surface area contributed by atoms with Crippen LogP contribution in [0.25, 0.3) is 17.1 Å². The van der Waals surface area contributed by atoms with Crippen molar-refractivity contribution in [3.63, 3.8) is 0 Å². The average molecular weight is 477 g/mol. The van der Waals surface area contributed by atoms with Crippen molar-refractivity contribution in [1.29, 1.82) is 0 Å². The maximum absolute atomic E-state index is 6.02. The normalized spacial score (nSPS) is 14.9. The van der Waals surface area contributed by atoms with Gasteiger partial charge in [0.25, 0.3) is 0 Å². The second-order valence-corrected chi connectivity index (χ2v) is 9.72. The van der Waals surface area contributed by atoms with Gasteiger partial charge in [-0.05, 0) is 57.4 Å². The third-order valence-electron chi connectivity index (χ3n) is 5.95. The van der Waals surface area contributed by atoms with E-state index in [1.807, 2.05) is 55.5 Å². The number of hydrogen-bond acceptors (Lipinski definition) is 8. The summed E-state index contributed by atoms with van der Waals surface area (Å²) in [5.41, 5.74) is 3.01. The van der Waals surface area contributed by atoms with E-state index in [2.05, 4.69) is 36.8 Å². The summed E-state index contributed by atoms with van der Waals surface area (Å²) in [7, 11) is 1.68. The molecule has 1 atom stereocenters. The lowest BCUT2D eigenvalue weighted by Crippen LogP contribution is -2.31. The molecule has 0 amide bonds. The Morgan fingerprint density at radius 3 is 2.47 bits per heavy atom. The molecule has 5 rings (SSSR count). The average Bonchev–Trinajstić information content (AvgIpc) is 3.53. The highest BCUT2D eigenvalue weighted by atomic mass is 32.2. The predicted octanol–water partition coefficient (Wildman–Crippen LogP) is 5.48. The van der Waals surface area contributed by atoms with Crippen molar-refractivity contribution < 1.29 is 9.15 Å². The maximum Gasteiger partial charge on any atom is 0.247 e. The molecule has 1 aliphatic rings.